The lowest BCUT2D eigenvalue weighted by atomic mass is 10.0. The van der Waals surface area contributed by atoms with Crippen LogP contribution < -0.4 is 10.2 Å². The van der Waals surface area contributed by atoms with Crippen LogP contribution in [0, 0.1) is 0 Å². The lowest BCUT2D eigenvalue weighted by molar-refractivity contribution is -0.870. The summed E-state index contributed by atoms with van der Waals surface area (Å²) in [6.07, 6.45) is 56.1. The number of carbonyl (C=O) groups excluding carboxylic acids is 1. The van der Waals surface area contributed by atoms with Crippen molar-refractivity contribution in [2.45, 2.75) is 199 Å². The minimum absolute atomic E-state index is 0.00390. The van der Waals surface area contributed by atoms with Crippen LogP contribution in [0.4, 0.5) is 0 Å². The maximum Gasteiger partial charge on any atom is 0.268 e. The van der Waals surface area contributed by atoms with E-state index in [1.165, 1.54) is 96.3 Å². The number of nitrogens with one attached hydrogen (secondary N) is 1. The molecule has 0 saturated carbocycles. The highest BCUT2D eigenvalue weighted by Gasteiger charge is 2.23. The van der Waals surface area contributed by atoms with Crippen molar-refractivity contribution in [3.8, 4) is 0 Å². The Morgan fingerprint density at radius 3 is 1.49 bits per heavy atom. The van der Waals surface area contributed by atoms with E-state index in [4.69, 9.17) is 9.05 Å². The van der Waals surface area contributed by atoms with Gasteiger partial charge in [0.25, 0.3) is 7.82 Å². The molecule has 8 nitrogen and oxygen atoms in total. The molecule has 2 N–H and O–H groups in total. The summed E-state index contributed by atoms with van der Waals surface area (Å²) in [5.41, 5.74) is 0. The second-order valence-corrected chi connectivity index (χ2v) is 18.5. The zero-order chi connectivity index (χ0) is 43.6. The molecule has 0 radical (unpaired) electrons. The van der Waals surface area contributed by atoms with Gasteiger partial charge in [-0.1, -0.05) is 196 Å². The summed E-state index contributed by atoms with van der Waals surface area (Å²) in [7, 11) is 1.25. The predicted octanol–water partition coefficient (Wildman–Crippen LogP) is 12.9. The van der Waals surface area contributed by atoms with Gasteiger partial charge in [-0.15, -0.1) is 0 Å². The van der Waals surface area contributed by atoms with Crippen molar-refractivity contribution < 1.29 is 32.9 Å². The first kappa shape index (κ1) is 56.9. The highest BCUT2D eigenvalue weighted by Crippen LogP contribution is 2.38. The van der Waals surface area contributed by atoms with Gasteiger partial charge in [-0.3, -0.25) is 9.36 Å². The topological polar surface area (TPSA) is 108 Å². The monoisotopic (exact) mass is 847 g/mol. The van der Waals surface area contributed by atoms with Crippen LogP contribution in [0.2, 0.25) is 0 Å². The lowest BCUT2D eigenvalue weighted by Crippen LogP contribution is -2.45. The summed E-state index contributed by atoms with van der Waals surface area (Å²) >= 11 is 0. The van der Waals surface area contributed by atoms with Gasteiger partial charge in [0.1, 0.15) is 13.2 Å². The van der Waals surface area contributed by atoms with Crippen LogP contribution in [-0.2, 0) is 18.4 Å². The molecule has 0 aliphatic rings. The van der Waals surface area contributed by atoms with E-state index in [1.54, 1.807) is 6.08 Å². The Balaban J connectivity index is 3.82. The van der Waals surface area contributed by atoms with Crippen molar-refractivity contribution in [1.82, 2.24) is 5.32 Å². The SMILES string of the molecule is CC/C=C\C/C=C\C/C=C\C/C=C\C/C=C\CCCCCCCCCCCCCCCCCCCC(=O)NC(COP(=O)([O-])OCC[N+](C)(C)C)C(O)/C=C/CCCC. The van der Waals surface area contributed by atoms with E-state index in [9.17, 15) is 19.4 Å². The highest BCUT2D eigenvalue weighted by atomic mass is 31.2. The fourth-order valence-electron chi connectivity index (χ4n) is 6.40. The Morgan fingerprint density at radius 2 is 1.03 bits per heavy atom. The number of rotatable bonds is 42. The number of unbranched alkanes of at least 4 members (excludes halogenated alkanes) is 19. The fraction of sp³-hybridized carbons (Fsp3) is 0.740. The molecule has 0 aliphatic heterocycles. The standard InChI is InChI=1S/C50H91N2O6P/c1-6-8-10-12-13-14-15-16-17-18-19-20-21-22-23-24-25-26-27-28-29-30-31-32-33-34-35-36-37-38-39-40-42-44-50(54)51-48(49(53)43-41-11-9-7-2)47-58-59(55,56)57-46-45-52(3,4)5/h8,10,13-14,16-17,19-20,22-23,41,43,48-49,53H,6-7,9,11-12,15,18,21,24-40,42,44-47H2,1-5H3,(H-,51,54,55,56)/b10-8-,14-13-,17-16-,20-19-,23-22-,43-41+. The number of hydrogen-bond donors (Lipinski definition) is 2. The largest absolute Gasteiger partial charge is 0.756 e. The third kappa shape index (κ3) is 43.8. The number of quaternary nitrogens is 1. The smallest absolute Gasteiger partial charge is 0.268 e. The van der Waals surface area contributed by atoms with Gasteiger partial charge in [-0.2, -0.15) is 0 Å². The number of phosphoric ester groups is 1. The van der Waals surface area contributed by atoms with Gasteiger partial charge < -0.3 is 28.8 Å². The molecule has 0 spiro atoms. The van der Waals surface area contributed by atoms with Crippen LogP contribution in [0.15, 0.2) is 72.9 Å². The third-order valence-corrected chi connectivity index (χ3v) is 11.1. The van der Waals surface area contributed by atoms with Gasteiger partial charge in [0.05, 0.1) is 39.9 Å². The molecule has 342 valence electrons. The average molecular weight is 847 g/mol. The molecule has 59 heavy (non-hydrogen) atoms. The summed E-state index contributed by atoms with van der Waals surface area (Å²) in [4.78, 5) is 25.0. The van der Waals surface area contributed by atoms with Crippen molar-refractivity contribution in [2.75, 3.05) is 40.9 Å². The van der Waals surface area contributed by atoms with Gasteiger partial charge in [-0.25, -0.2) is 0 Å². The summed E-state index contributed by atoms with van der Waals surface area (Å²) < 4.78 is 22.9. The highest BCUT2D eigenvalue weighted by molar-refractivity contribution is 7.45. The van der Waals surface area contributed by atoms with Gasteiger partial charge in [0, 0.05) is 6.42 Å². The molecule has 0 aromatic rings. The predicted molar refractivity (Wildman–Crippen MR) is 251 cm³/mol. The molecule has 0 fully saturated rings. The Labute approximate surface area is 364 Å². The third-order valence-electron chi connectivity index (χ3n) is 10.2. The molecular formula is C50H91N2O6P. The van der Waals surface area contributed by atoms with Crippen molar-refractivity contribution in [3.05, 3.63) is 72.9 Å². The maximum absolute atomic E-state index is 12.7. The number of aliphatic hydroxyl groups excluding tert-OH is 1. The van der Waals surface area contributed by atoms with Crippen LogP contribution in [0.5, 0.6) is 0 Å². The molecule has 0 rings (SSSR count). The number of nitrogens with zero attached hydrogens (tertiary/aromatic N) is 1. The molecular weight excluding hydrogens is 756 g/mol. The summed E-state index contributed by atoms with van der Waals surface area (Å²) in [6, 6.07) is -0.883. The normalized spacial score (nSPS) is 14.9. The molecule has 0 aromatic carbocycles. The first-order valence-corrected chi connectivity index (χ1v) is 25.3. The van der Waals surface area contributed by atoms with Crippen LogP contribution in [0.1, 0.15) is 187 Å². The summed E-state index contributed by atoms with van der Waals surface area (Å²) in [5.74, 6) is -0.209. The first-order chi connectivity index (χ1) is 28.5. The second-order valence-electron chi connectivity index (χ2n) is 17.1. The summed E-state index contributed by atoms with van der Waals surface area (Å²) in [6.45, 7) is 4.36. The number of allylic oxidation sites excluding steroid dienone is 11. The van der Waals surface area contributed by atoms with E-state index >= 15 is 0 Å². The maximum atomic E-state index is 12.7. The van der Waals surface area contributed by atoms with Crippen LogP contribution in [0.3, 0.4) is 0 Å². The van der Waals surface area contributed by atoms with Crippen molar-refractivity contribution in [2.24, 2.45) is 0 Å². The number of aliphatic hydroxyl groups is 1. The number of phosphoric acid groups is 1. The first-order valence-electron chi connectivity index (χ1n) is 23.8. The molecule has 3 unspecified atom stereocenters. The molecule has 9 heteroatoms. The van der Waals surface area contributed by atoms with Gasteiger partial charge in [0.2, 0.25) is 5.91 Å². The van der Waals surface area contributed by atoms with Crippen molar-refractivity contribution >= 4 is 13.7 Å². The molecule has 3 atom stereocenters. The molecule has 0 bridgehead atoms. The minimum Gasteiger partial charge on any atom is -0.756 e. The van der Waals surface area contributed by atoms with Crippen molar-refractivity contribution in [1.29, 1.82) is 0 Å². The minimum atomic E-state index is -4.57. The fourth-order valence-corrected chi connectivity index (χ4v) is 7.12. The van der Waals surface area contributed by atoms with E-state index in [2.05, 4.69) is 79.9 Å². The van der Waals surface area contributed by atoms with Gasteiger partial charge >= 0.3 is 0 Å². The number of hydrogen-bond acceptors (Lipinski definition) is 6. The summed E-state index contributed by atoms with van der Waals surface area (Å²) in [5, 5.41) is 13.5. The zero-order valence-electron chi connectivity index (χ0n) is 38.7. The van der Waals surface area contributed by atoms with E-state index in [0.29, 0.717) is 17.4 Å². The Bertz CT molecular complexity index is 1190. The van der Waals surface area contributed by atoms with Crippen LogP contribution in [-0.4, -0.2) is 68.5 Å². The molecule has 0 heterocycles. The van der Waals surface area contributed by atoms with Gasteiger partial charge in [-0.05, 0) is 57.8 Å². The van der Waals surface area contributed by atoms with Gasteiger partial charge in [0.15, 0.2) is 0 Å². The number of likely N-dealkylation sites (N-methyl/N-ethyl adjacent to an activating group) is 1. The second kappa shape index (κ2) is 41.3. The average Bonchev–Trinajstić information content (AvgIpc) is 3.19. The molecule has 1 amide bonds. The zero-order valence-corrected chi connectivity index (χ0v) is 39.6. The molecule has 0 aliphatic carbocycles. The Kier molecular flexibility index (Phi) is 39.9. The van der Waals surface area contributed by atoms with E-state index < -0.39 is 20.0 Å². The van der Waals surface area contributed by atoms with E-state index in [-0.39, 0.29) is 19.1 Å². The molecule has 0 aromatic heterocycles. The van der Waals surface area contributed by atoms with Crippen LogP contribution >= 0.6 is 7.82 Å². The Morgan fingerprint density at radius 1 is 0.610 bits per heavy atom. The Hall–Kier alpha value is -2.06. The lowest BCUT2D eigenvalue weighted by Gasteiger charge is -2.29. The van der Waals surface area contributed by atoms with Crippen molar-refractivity contribution in [3.63, 3.8) is 0 Å². The van der Waals surface area contributed by atoms with E-state index in [0.717, 1.165) is 70.6 Å². The number of carbonyl (C=O) groups is 1. The van der Waals surface area contributed by atoms with Crippen LogP contribution in [0.25, 0.3) is 0 Å². The van der Waals surface area contributed by atoms with E-state index in [1.807, 2.05) is 27.2 Å². The number of amides is 1. The quantitative estimate of drug-likeness (QED) is 0.0274. The molecule has 0 saturated heterocycles.